The second-order valence-electron chi connectivity index (χ2n) is 7.09. The summed E-state index contributed by atoms with van der Waals surface area (Å²) >= 11 is 0. The Morgan fingerprint density at radius 3 is 1.69 bits per heavy atom. The van der Waals surface area contributed by atoms with E-state index in [-0.39, 0.29) is 56.3 Å². The Balaban J connectivity index is 0.00000625. The normalized spacial score (nSPS) is 11.3. The molecule has 0 aliphatic heterocycles. The average Bonchev–Trinajstić information content (AvgIpc) is 2.58. The van der Waals surface area contributed by atoms with Crippen LogP contribution < -0.4 is 51.4 Å². The van der Waals surface area contributed by atoms with Crippen molar-refractivity contribution in [2.24, 2.45) is 0 Å². The van der Waals surface area contributed by atoms with E-state index in [1.54, 1.807) is 6.07 Å². The van der Waals surface area contributed by atoms with E-state index in [2.05, 4.69) is 6.92 Å². The second kappa shape index (κ2) is 16.7. The molecule has 5 heteroatoms. The minimum Gasteiger partial charge on any atom is -0.744 e. The number of hydrogen-bond acceptors (Lipinski definition) is 3. The van der Waals surface area contributed by atoms with Crippen LogP contribution in [0.4, 0.5) is 0 Å². The smallest absolute Gasteiger partial charge is 0.744 e. The summed E-state index contributed by atoms with van der Waals surface area (Å²) in [7, 11) is -4.33. The van der Waals surface area contributed by atoms with Gasteiger partial charge >= 0.3 is 51.4 Å². The molecule has 0 spiro atoms. The van der Waals surface area contributed by atoms with Gasteiger partial charge in [0.2, 0.25) is 0 Å². The van der Waals surface area contributed by atoms with Gasteiger partial charge in [-0.3, -0.25) is 0 Å². The Kier molecular flexibility index (Phi) is 17.2. The van der Waals surface area contributed by atoms with Crippen LogP contribution in [0.1, 0.15) is 96.0 Å². The fourth-order valence-electron chi connectivity index (χ4n) is 3.20. The number of benzene rings is 1. The van der Waals surface area contributed by atoms with Crippen LogP contribution in [-0.2, 0) is 16.5 Å². The second-order valence-corrected chi connectivity index (χ2v) is 8.47. The van der Waals surface area contributed by atoms with Gasteiger partial charge in [0.1, 0.15) is 10.1 Å². The Bertz CT molecular complexity index is 558. The first-order valence-corrected chi connectivity index (χ1v) is 11.5. The molecule has 144 valence electrons. The van der Waals surface area contributed by atoms with Gasteiger partial charge in [0, 0.05) is 0 Å². The molecule has 0 fully saturated rings. The van der Waals surface area contributed by atoms with Gasteiger partial charge in [0.15, 0.2) is 0 Å². The van der Waals surface area contributed by atoms with Gasteiger partial charge in [-0.25, -0.2) is 8.42 Å². The molecule has 0 aliphatic carbocycles. The molecule has 0 saturated heterocycles. The largest absolute Gasteiger partial charge is 1.00 e. The van der Waals surface area contributed by atoms with Crippen LogP contribution in [0.25, 0.3) is 0 Å². The van der Waals surface area contributed by atoms with Crippen molar-refractivity contribution < 1.29 is 64.4 Å². The van der Waals surface area contributed by atoms with E-state index in [0.717, 1.165) is 18.4 Å². The molecule has 0 saturated carbocycles. The maximum atomic E-state index is 11.0. The van der Waals surface area contributed by atoms with E-state index in [4.69, 9.17) is 0 Å². The molecule has 1 aromatic rings. The van der Waals surface area contributed by atoms with Crippen LogP contribution in [0.15, 0.2) is 29.2 Å². The van der Waals surface area contributed by atoms with Crippen LogP contribution in [0, 0.1) is 0 Å². The van der Waals surface area contributed by atoms with E-state index in [9.17, 15) is 13.0 Å². The van der Waals surface area contributed by atoms with Crippen LogP contribution in [0.2, 0.25) is 0 Å². The predicted octanol–water partition coefficient (Wildman–Crippen LogP) is 3.23. The molecule has 0 N–H and O–H groups in total. The Hall–Kier alpha value is 0.766. The topological polar surface area (TPSA) is 57.2 Å². The molecule has 0 atom stereocenters. The summed E-state index contributed by atoms with van der Waals surface area (Å²) in [5.74, 6) is 0. The summed E-state index contributed by atoms with van der Waals surface area (Å²) in [6.07, 6.45) is 18.0. The van der Waals surface area contributed by atoms with E-state index in [1.165, 1.54) is 89.2 Å². The van der Waals surface area contributed by atoms with E-state index >= 15 is 0 Å². The van der Waals surface area contributed by atoms with Crippen molar-refractivity contribution in [2.75, 3.05) is 0 Å². The van der Waals surface area contributed by atoms with E-state index in [0.29, 0.717) is 0 Å². The van der Waals surface area contributed by atoms with Gasteiger partial charge < -0.3 is 4.55 Å². The average molecular weight is 407 g/mol. The van der Waals surface area contributed by atoms with Crippen molar-refractivity contribution in [1.82, 2.24) is 0 Å². The standard InChI is InChI=1S/C21H36O3S.K/c1-2-3-4-5-6-7-8-9-10-11-12-13-14-16-20-17-15-18-21(19-20)25(22,23)24;/h15,17-19H,2-14,16H2,1H3,(H,22,23,24);/q;+1/p-1. The van der Waals surface area contributed by atoms with Gasteiger partial charge in [-0.15, -0.1) is 0 Å². The molecule has 0 bridgehead atoms. The van der Waals surface area contributed by atoms with Crippen molar-refractivity contribution in [1.29, 1.82) is 0 Å². The number of aryl methyl sites for hydroxylation is 1. The molecular weight excluding hydrogens is 371 g/mol. The first-order valence-electron chi connectivity index (χ1n) is 10.1. The van der Waals surface area contributed by atoms with Crippen LogP contribution in [0.5, 0.6) is 0 Å². The molecule has 26 heavy (non-hydrogen) atoms. The summed E-state index contributed by atoms with van der Waals surface area (Å²) in [4.78, 5) is -0.111. The Labute approximate surface area is 203 Å². The third kappa shape index (κ3) is 13.9. The summed E-state index contributed by atoms with van der Waals surface area (Å²) in [6.45, 7) is 2.26. The molecule has 1 rings (SSSR count). The summed E-state index contributed by atoms with van der Waals surface area (Å²) in [5.41, 5.74) is 0.944. The van der Waals surface area contributed by atoms with Gasteiger partial charge in [0.25, 0.3) is 0 Å². The van der Waals surface area contributed by atoms with Crippen molar-refractivity contribution in [3.05, 3.63) is 29.8 Å². The molecule has 0 aliphatic rings. The van der Waals surface area contributed by atoms with Crippen molar-refractivity contribution in [3.63, 3.8) is 0 Å². The third-order valence-corrected chi connectivity index (χ3v) is 5.59. The zero-order chi connectivity index (χ0) is 18.4. The van der Waals surface area contributed by atoms with Gasteiger partial charge in [-0.1, -0.05) is 96.1 Å². The Morgan fingerprint density at radius 2 is 1.23 bits per heavy atom. The fourth-order valence-corrected chi connectivity index (χ4v) is 3.74. The molecular formula is C21H35KO3S. The van der Waals surface area contributed by atoms with Gasteiger partial charge in [0.05, 0.1) is 4.90 Å². The molecule has 0 unspecified atom stereocenters. The molecule has 0 aromatic heterocycles. The number of unbranched alkanes of at least 4 members (excludes halogenated alkanes) is 12. The third-order valence-electron chi connectivity index (χ3n) is 4.76. The first kappa shape index (κ1) is 26.8. The summed E-state index contributed by atoms with van der Waals surface area (Å²) < 4.78 is 33.1. The van der Waals surface area contributed by atoms with Crippen molar-refractivity contribution in [3.8, 4) is 0 Å². The SMILES string of the molecule is CCCCCCCCCCCCCCCc1cccc(S(=O)(=O)[O-])c1.[K+]. The van der Waals surface area contributed by atoms with Crippen LogP contribution in [0.3, 0.4) is 0 Å². The minimum atomic E-state index is -4.33. The van der Waals surface area contributed by atoms with E-state index < -0.39 is 10.1 Å². The number of rotatable bonds is 15. The molecule has 0 amide bonds. The zero-order valence-corrected chi connectivity index (χ0v) is 20.8. The molecule has 0 radical (unpaired) electrons. The predicted molar refractivity (Wildman–Crippen MR) is 104 cm³/mol. The fraction of sp³-hybridized carbons (Fsp3) is 0.714. The Morgan fingerprint density at radius 1 is 0.769 bits per heavy atom. The number of hydrogen-bond donors (Lipinski definition) is 0. The van der Waals surface area contributed by atoms with Crippen LogP contribution >= 0.6 is 0 Å². The first-order chi connectivity index (χ1) is 12.0. The molecule has 1 aromatic carbocycles. The van der Waals surface area contributed by atoms with Crippen LogP contribution in [-0.4, -0.2) is 13.0 Å². The zero-order valence-electron chi connectivity index (χ0n) is 16.8. The summed E-state index contributed by atoms with van der Waals surface area (Å²) in [5, 5.41) is 0. The summed E-state index contributed by atoms with van der Waals surface area (Å²) in [6, 6.07) is 6.44. The monoisotopic (exact) mass is 406 g/mol. The maximum absolute atomic E-state index is 11.0. The van der Waals surface area contributed by atoms with Crippen molar-refractivity contribution >= 4 is 10.1 Å². The van der Waals surface area contributed by atoms with E-state index in [1.807, 2.05) is 6.07 Å². The molecule has 0 heterocycles. The minimum absolute atomic E-state index is 0. The van der Waals surface area contributed by atoms with Gasteiger partial charge in [-0.2, -0.15) is 0 Å². The van der Waals surface area contributed by atoms with Crippen molar-refractivity contribution in [2.45, 2.75) is 102 Å². The van der Waals surface area contributed by atoms with Gasteiger partial charge in [-0.05, 0) is 30.5 Å². The quantitative estimate of drug-likeness (QED) is 0.255. The molecule has 3 nitrogen and oxygen atoms in total. The maximum Gasteiger partial charge on any atom is 1.00 e.